The van der Waals surface area contributed by atoms with E-state index in [0.717, 1.165) is 49.3 Å². The van der Waals surface area contributed by atoms with Crippen molar-refractivity contribution in [2.75, 3.05) is 6.61 Å². The van der Waals surface area contributed by atoms with E-state index in [2.05, 4.69) is 18.8 Å². The van der Waals surface area contributed by atoms with Gasteiger partial charge >= 0.3 is 0 Å². The Balaban J connectivity index is 2.12. The van der Waals surface area contributed by atoms with Gasteiger partial charge in [0.25, 0.3) is 0 Å². The van der Waals surface area contributed by atoms with Gasteiger partial charge in [-0.1, -0.05) is 26.7 Å². The van der Waals surface area contributed by atoms with Gasteiger partial charge in [-0.05, 0) is 44.1 Å². The Morgan fingerprint density at radius 1 is 1.30 bits per heavy atom. The first kappa shape index (κ1) is 15.3. The summed E-state index contributed by atoms with van der Waals surface area (Å²) in [5.41, 5.74) is 0.200. The van der Waals surface area contributed by atoms with E-state index in [0.29, 0.717) is 6.61 Å². The molecule has 3 nitrogen and oxygen atoms in total. The van der Waals surface area contributed by atoms with E-state index in [1.54, 1.807) is 12.4 Å². The highest BCUT2D eigenvalue weighted by Crippen LogP contribution is 2.39. The van der Waals surface area contributed by atoms with Gasteiger partial charge in [0.15, 0.2) is 0 Å². The molecule has 1 aliphatic rings. The maximum absolute atomic E-state index is 11.0. The van der Waals surface area contributed by atoms with Gasteiger partial charge in [0.1, 0.15) is 5.75 Å². The average molecular weight is 277 g/mol. The lowest BCUT2D eigenvalue weighted by molar-refractivity contribution is 0.0190. The molecule has 0 aromatic carbocycles. The Hall–Kier alpha value is -1.09. The van der Waals surface area contributed by atoms with E-state index in [1.807, 2.05) is 6.07 Å². The molecule has 2 atom stereocenters. The van der Waals surface area contributed by atoms with Crippen LogP contribution < -0.4 is 4.74 Å². The molecule has 3 heteroatoms. The molecule has 0 radical (unpaired) electrons. The van der Waals surface area contributed by atoms with Gasteiger partial charge < -0.3 is 9.84 Å². The van der Waals surface area contributed by atoms with Crippen molar-refractivity contribution in [2.45, 2.75) is 64.4 Å². The number of aromatic nitrogens is 1. The third-order valence-corrected chi connectivity index (χ3v) is 4.47. The molecule has 2 rings (SSSR count). The number of nitrogens with zero attached hydrogens (tertiary/aromatic N) is 1. The predicted molar refractivity (Wildman–Crippen MR) is 80.8 cm³/mol. The van der Waals surface area contributed by atoms with Crippen molar-refractivity contribution < 1.29 is 9.84 Å². The number of ether oxygens (including phenoxy) is 1. The van der Waals surface area contributed by atoms with Crippen molar-refractivity contribution in [2.24, 2.45) is 5.92 Å². The molecule has 112 valence electrons. The molecular formula is C17H27NO2. The van der Waals surface area contributed by atoms with Crippen molar-refractivity contribution in [1.82, 2.24) is 4.98 Å². The van der Waals surface area contributed by atoms with Crippen LogP contribution in [0.5, 0.6) is 5.75 Å². The van der Waals surface area contributed by atoms with E-state index in [4.69, 9.17) is 4.74 Å². The number of pyridine rings is 1. The van der Waals surface area contributed by atoms with Crippen molar-refractivity contribution in [3.63, 3.8) is 0 Å². The number of hydrogen-bond donors (Lipinski definition) is 1. The van der Waals surface area contributed by atoms with Crippen molar-refractivity contribution >= 4 is 0 Å². The second-order valence-electron chi connectivity index (χ2n) is 5.99. The van der Waals surface area contributed by atoms with E-state index in [1.165, 1.54) is 12.8 Å². The van der Waals surface area contributed by atoms with Crippen molar-refractivity contribution in [1.29, 1.82) is 0 Å². The molecule has 1 saturated carbocycles. The Bertz CT molecular complexity index is 421. The number of hydrogen-bond acceptors (Lipinski definition) is 3. The average Bonchev–Trinajstić information content (AvgIpc) is 2.68. The molecule has 0 bridgehead atoms. The molecule has 1 aliphatic carbocycles. The zero-order chi connectivity index (χ0) is 14.4. The van der Waals surface area contributed by atoms with Crippen LogP contribution in [-0.2, 0) is 5.60 Å². The minimum atomic E-state index is -0.720. The topological polar surface area (TPSA) is 42.4 Å². The first-order valence-electron chi connectivity index (χ1n) is 7.98. The van der Waals surface area contributed by atoms with E-state index in [9.17, 15) is 5.11 Å². The summed E-state index contributed by atoms with van der Waals surface area (Å²) in [6.45, 7) is 5.03. The van der Waals surface area contributed by atoms with Gasteiger partial charge in [-0.25, -0.2) is 0 Å². The standard InChI is InChI=1S/C17H27NO2/c1-3-10-20-16-11-15(12-18-13-16)17(19)8-5-6-14(4-2)7-9-17/h11-14,19H,3-10H2,1-2H3. The second-order valence-corrected chi connectivity index (χ2v) is 5.99. The van der Waals surface area contributed by atoms with Gasteiger partial charge in [0, 0.05) is 11.8 Å². The fraction of sp³-hybridized carbons (Fsp3) is 0.706. The van der Waals surface area contributed by atoms with Crippen LogP contribution in [0.4, 0.5) is 0 Å². The van der Waals surface area contributed by atoms with Crippen LogP contribution in [0, 0.1) is 5.92 Å². The Labute approximate surface area is 122 Å². The summed E-state index contributed by atoms with van der Waals surface area (Å²) in [6, 6.07) is 1.97. The molecule has 20 heavy (non-hydrogen) atoms. The summed E-state index contributed by atoms with van der Waals surface area (Å²) in [4.78, 5) is 4.24. The Morgan fingerprint density at radius 3 is 2.90 bits per heavy atom. The smallest absolute Gasteiger partial charge is 0.137 e. The highest BCUT2D eigenvalue weighted by atomic mass is 16.5. The first-order chi connectivity index (χ1) is 9.68. The van der Waals surface area contributed by atoms with Crippen LogP contribution in [-0.4, -0.2) is 16.7 Å². The summed E-state index contributed by atoms with van der Waals surface area (Å²) in [5.74, 6) is 1.53. The number of aliphatic hydroxyl groups is 1. The quantitative estimate of drug-likeness (QED) is 0.826. The second kappa shape index (κ2) is 7.07. The molecule has 2 unspecified atom stereocenters. The summed E-state index contributed by atoms with van der Waals surface area (Å²) in [7, 11) is 0. The normalized spacial score (nSPS) is 27.1. The molecular weight excluding hydrogens is 250 g/mol. The van der Waals surface area contributed by atoms with Crippen LogP contribution in [0.25, 0.3) is 0 Å². The molecule has 1 aromatic heterocycles. The minimum Gasteiger partial charge on any atom is -0.492 e. The summed E-state index contributed by atoms with van der Waals surface area (Å²) in [5, 5.41) is 11.0. The lowest BCUT2D eigenvalue weighted by Crippen LogP contribution is -2.25. The number of rotatable bonds is 5. The maximum Gasteiger partial charge on any atom is 0.137 e. The van der Waals surface area contributed by atoms with E-state index in [-0.39, 0.29) is 0 Å². The van der Waals surface area contributed by atoms with Crippen LogP contribution in [0.2, 0.25) is 0 Å². The summed E-state index contributed by atoms with van der Waals surface area (Å²) >= 11 is 0. The molecule has 1 N–H and O–H groups in total. The molecule has 0 saturated heterocycles. The molecule has 1 heterocycles. The first-order valence-corrected chi connectivity index (χ1v) is 7.98. The predicted octanol–water partition coefficient (Wildman–Crippen LogP) is 4.05. The minimum absolute atomic E-state index is 0.696. The largest absolute Gasteiger partial charge is 0.492 e. The third-order valence-electron chi connectivity index (χ3n) is 4.47. The maximum atomic E-state index is 11.0. The zero-order valence-corrected chi connectivity index (χ0v) is 12.8. The monoisotopic (exact) mass is 277 g/mol. The van der Waals surface area contributed by atoms with E-state index < -0.39 is 5.60 Å². The Kier molecular flexibility index (Phi) is 5.41. The van der Waals surface area contributed by atoms with Crippen molar-refractivity contribution in [3.05, 3.63) is 24.0 Å². The fourth-order valence-corrected chi connectivity index (χ4v) is 3.06. The highest BCUT2D eigenvalue weighted by molar-refractivity contribution is 5.28. The van der Waals surface area contributed by atoms with Gasteiger partial charge in [-0.15, -0.1) is 0 Å². The van der Waals surface area contributed by atoms with Gasteiger partial charge in [-0.2, -0.15) is 0 Å². The van der Waals surface area contributed by atoms with Gasteiger partial charge in [0.2, 0.25) is 0 Å². The molecule has 1 aromatic rings. The lowest BCUT2D eigenvalue weighted by atomic mass is 9.87. The fourth-order valence-electron chi connectivity index (χ4n) is 3.06. The molecule has 0 spiro atoms. The van der Waals surface area contributed by atoms with Crippen LogP contribution >= 0.6 is 0 Å². The van der Waals surface area contributed by atoms with Gasteiger partial charge in [-0.3, -0.25) is 4.98 Å². The van der Waals surface area contributed by atoms with E-state index >= 15 is 0 Å². The SMILES string of the molecule is CCCOc1cncc(C2(O)CCCC(CC)CC2)c1. The molecule has 1 fully saturated rings. The van der Waals surface area contributed by atoms with Gasteiger partial charge in [0.05, 0.1) is 18.4 Å². The van der Waals surface area contributed by atoms with Crippen LogP contribution in [0.3, 0.4) is 0 Å². The molecule has 0 amide bonds. The molecule has 0 aliphatic heterocycles. The third kappa shape index (κ3) is 3.72. The lowest BCUT2D eigenvalue weighted by Gasteiger charge is -2.27. The van der Waals surface area contributed by atoms with Crippen LogP contribution in [0.1, 0.15) is 64.4 Å². The summed E-state index contributed by atoms with van der Waals surface area (Å²) < 4.78 is 5.63. The highest BCUT2D eigenvalue weighted by Gasteiger charge is 2.32. The van der Waals surface area contributed by atoms with Crippen LogP contribution in [0.15, 0.2) is 18.5 Å². The summed E-state index contributed by atoms with van der Waals surface area (Å²) in [6.07, 6.45) is 10.8. The Morgan fingerprint density at radius 2 is 2.15 bits per heavy atom. The van der Waals surface area contributed by atoms with Crippen molar-refractivity contribution in [3.8, 4) is 5.75 Å². The zero-order valence-electron chi connectivity index (χ0n) is 12.8.